The molecule has 2 aliphatic rings. The Balaban J connectivity index is 1.85. The van der Waals surface area contributed by atoms with E-state index in [1.54, 1.807) is 0 Å². The summed E-state index contributed by atoms with van der Waals surface area (Å²) in [5.41, 5.74) is 5.73. The highest BCUT2D eigenvalue weighted by atomic mass is 16.3. The van der Waals surface area contributed by atoms with Crippen molar-refractivity contribution in [2.75, 3.05) is 26.2 Å². The van der Waals surface area contributed by atoms with Crippen molar-refractivity contribution in [1.82, 2.24) is 10.2 Å². The standard InChI is InChI=1S/C16H33N3O/c1-2-16(20)10-13-9-15(12-19(11-13)8-7-17)18-14-5-3-4-6-14/h13-16,18,20H,2-12,17H2,1H3. The van der Waals surface area contributed by atoms with Crippen LogP contribution in [0.1, 0.15) is 51.9 Å². The maximum atomic E-state index is 9.93. The zero-order valence-corrected chi connectivity index (χ0v) is 13.1. The third kappa shape index (κ3) is 4.99. The fraction of sp³-hybridized carbons (Fsp3) is 1.00. The lowest BCUT2D eigenvalue weighted by Crippen LogP contribution is -2.52. The summed E-state index contributed by atoms with van der Waals surface area (Å²) < 4.78 is 0. The Kier molecular flexibility index (Phi) is 6.75. The Bertz CT molecular complexity index is 268. The molecule has 0 bridgehead atoms. The van der Waals surface area contributed by atoms with E-state index in [1.807, 2.05) is 0 Å². The predicted molar refractivity (Wildman–Crippen MR) is 83.7 cm³/mol. The van der Waals surface area contributed by atoms with E-state index in [-0.39, 0.29) is 6.10 Å². The van der Waals surface area contributed by atoms with Crippen LogP contribution in [0.25, 0.3) is 0 Å². The number of nitrogens with two attached hydrogens (primary N) is 1. The number of hydrogen-bond acceptors (Lipinski definition) is 4. The summed E-state index contributed by atoms with van der Waals surface area (Å²) >= 11 is 0. The molecule has 4 heteroatoms. The number of hydrogen-bond donors (Lipinski definition) is 3. The van der Waals surface area contributed by atoms with Crippen LogP contribution in [-0.4, -0.2) is 54.4 Å². The van der Waals surface area contributed by atoms with Crippen LogP contribution in [-0.2, 0) is 0 Å². The molecule has 0 amide bonds. The van der Waals surface area contributed by atoms with Crippen LogP contribution in [0.15, 0.2) is 0 Å². The molecule has 0 aromatic rings. The molecule has 4 nitrogen and oxygen atoms in total. The first-order valence-corrected chi connectivity index (χ1v) is 8.57. The molecule has 0 aromatic carbocycles. The molecule has 1 heterocycles. The summed E-state index contributed by atoms with van der Waals surface area (Å²) in [7, 11) is 0. The fourth-order valence-corrected chi connectivity index (χ4v) is 3.94. The van der Waals surface area contributed by atoms with Crippen molar-refractivity contribution < 1.29 is 5.11 Å². The quantitative estimate of drug-likeness (QED) is 0.660. The summed E-state index contributed by atoms with van der Waals surface area (Å²) in [6, 6.07) is 1.32. The van der Waals surface area contributed by atoms with Crippen LogP contribution in [0.5, 0.6) is 0 Å². The molecule has 118 valence electrons. The van der Waals surface area contributed by atoms with Gasteiger partial charge in [0.05, 0.1) is 6.10 Å². The van der Waals surface area contributed by atoms with Crippen LogP contribution in [0, 0.1) is 5.92 Å². The van der Waals surface area contributed by atoms with E-state index in [2.05, 4.69) is 17.1 Å². The summed E-state index contributed by atoms with van der Waals surface area (Å²) in [5.74, 6) is 0.615. The molecule has 4 N–H and O–H groups in total. The molecule has 20 heavy (non-hydrogen) atoms. The minimum Gasteiger partial charge on any atom is -0.393 e. The number of rotatable bonds is 7. The Hall–Kier alpha value is -0.160. The largest absolute Gasteiger partial charge is 0.393 e. The van der Waals surface area contributed by atoms with E-state index >= 15 is 0 Å². The molecule has 0 spiro atoms. The number of aliphatic hydroxyl groups excluding tert-OH is 1. The molecule has 3 atom stereocenters. The van der Waals surface area contributed by atoms with Crippen LogP contribution in [0.4, 0.5) is 0 Å². The van der Waals surface area contributed by atoms with Crippen molar-refractivity contribution in [2.45, 2.75) is 70.1 Å². The molecule has 2 rings (SSSR count). The number of nitrogens with zero attached hydrogens (tertiary/aromatic N) is 1. The Morgan fingerprint density at radius 1 is 1.25 bits per heavy atom. The van der Waals surface area contributed by atoms with E-state index in [0.29, 0.717) is 12.0 Å². The van der Waals surface area contributed by atoms with Crippen LogP contribution < -0.4 is 11.1 Å². The molecule has 1 saturated carbocycles. The first kappa shape index (κ1) is 16.2. The second-order valence-electron chi connectivity index (χ2n) is 6.79. The van der Waals surface area contributed by atoms with E-state index in [1.165, 1.54) is 32.1 Å². The van der Waals surface area contributed by atoms with Gasteiger partial charge in [0.25, 0.3) is 0 Å². The highest BCUT2D eigenvalue weighted by Crippen LogP contribution is 2.25. The summed E-state index contributed by atoms with van der Waals surface area (Å²) in [5, 5.41) is 13.8. The lowest BCUT2D eigenvalue weighted by Gasteiger charge is -2.39. The van der Waals surface area contributed by atoms with Gasteiger partial charge in [-0.25, -0.2) is 0 Å². The van der Waals surface area contributed by atoms with Gasteiger partial charge in [-0.15, -0.1) is 0 Å². The normalized spacial score (nSPS) is 30.8. The zero-order valence-electron chi connectivity index (χ0n) is 13.1. The van der Waals surface area contributed by atoms with Crippen LogP contribution in [0.2, 0.25) is 0 Å². The van der Waals surface area contributed by atoms with Gasteiger partial charge < -0.3 is 21.1 Å². The highest BCUT2D eigenvalue weighted by Gasteiger charge is 2.29. The van der Waals surface area contributed by atoms with Crippen molar-refractivity contribution in [1.29, 1.82) is 0 Å². The number of aliphatic hydroxyl groups is 1. The molecule has 0 radical (unpaired) electrons. The topological polar surface area (TPSA) is 61.5 Å². The average molecular weight is 283 g/mol. The lowest BCUT2D eigenvalue weighted by atomic mass is 9.88. The van der Waals surface area contributed by atoms with Gasteiger partial charge in [0.1, 0.15) is 0 Å². The Morgan fingerprint density at radius 3 is 2.65 bits per heavy atom. The van der Waals surface area contributed by atoms with Gasteiger partial charge in [0.2, 0.25) is 0 Å². The van der Waals surface area contributed by atoms with E-state index in [4.69, 9.17) is 5.73 Å². The minimum absolute atomic E-state index is 0.134. The first-order valence-electron chi connectivity index (χ1n) is 8.57. The average Bonchev–Trinajstić information content (AvgIpc) is 2.91. The van der Waals surface area contributed by atoms with Gasteiger partial charge >= 0.3 is 0 Å². The van der Waals surface area contributed by atoms with Gasteiger partial charge in [0.15, 0.2) is 0 Å². The Morgan fingerprint density at radius 2 is 2.00 bits per heavy atom. The molecule has 3 unspecified atom stereocenters. The van der Waals surface area contributed by atoms with Crippen molar-refractivity contribution in [2.24, 2.45) is 11.7 Å². The van der Waals surface area contributed by atoms with Gasteiger partial charge in [-0.2, -0.15) is 0 Å². The number of likely N-dealkylation sites (tertiary alicyclic amines) is 1. The summed E-state index contributed by atoms with van der Waals surface area (Å²) in [6.45, 7) is 6.03. The molecular formula is C16H33N3O. The van der Waals surface area contributed by atoms with Crippen molar-refractivity contribution >= 4 is 0 Å². The first-order chi connectivity index (χ1) is 9.71. The Labute approximate surface area is 124 Å². The highest BCUT2D eigenvalue weighted by molar-refractivity contribution is 4.88. The lowest BCUT2D eigenvalue weighted by molar-refractivity contribution is 0.0828. The van der Waals surface area contributed by atoms with Gasteiger partial charge in [-0.1, -0.05) is 19.8 Å². The molecule has 2 fully saturated rings. The number of piperidine rings is 1. The van der Waals surface area contributed by atoms with Gasteiger partial charge in [-0.05, 0) is 38.0 Å². The maximum absolute atomic E-state index is 9.93. The van der Waals surface area contributed by atoms with Crippen molar-refractivity contribution in [3.8, 4) is 0 Å². The second-order valence-corrected chi connectivity index (χ2v) is 6.79. The van der Waals surface area contributed by atoms with Crippen molar-refractivity contribution in [3.63, 3.8) is 0 Å². The number of nitrogens with one attached hydrogen (secondary N) is 1. The predicted octanol–water partition coefficient (Wildman–Crippen LogP) is 1.33. The third-order valence-electron chi connectivity index (χ3n) is 4.96. The summed E-state index contributed by atoms with van der Waals surface area (Å²) in [6.07, 6.45) is 8.35. The smallest absolute Gasteiger partial charge is 0.0540 e. The zero-order chi connectivity index (χ0) is 14.4. The second kappa shape index (κ2) is 8.32. The van der Waals surface area contributed by atoms with Gasteiger partial charge in [0, 0.05) is 38.3 Å². The van der Waals surface area contributed by atoms with E-state index in [9.17, 15) is 5.11 Å². The molecule has 0 aromatic heterocycles. The minimum atomic E-state index is -0.134. The van der Waals surface area contributed by atoms with Gasteiger partial charge in [-0.3, -0.25) is 0 Å². The fourth-order valence-electron chi connectivity index (χ4n) is 3.94. The molecule has 1 aliphatic carbocycles. The molecule has 1 saturated heterocycles. The van der Waals surface area contributed by atoms with Crippen LogP contribution in [0.3, 0.4) is 0 Å². The SMILES string of the molecule is CCC(O)CC1CC(NC2CCCC2)CN(CCN)C1. The molecular weight excluding hydrogens is 250 g/mol. The van der Waals surface area contributed by atoms with E-state index in [0.717, 1.165) is 45.1 Å². The van der Waals surface area contributed by atoms with Crippen LogP contribution >= 0.6 is 0 Å². The van der Waals surface area contributed by atoms with Crippen molar-refractivity contribution in [3.05, 3.63) is 0 Å². The third-order valence-corrected chi connectivity index (χ3v) is 4.96. The molecule has 1 aliphatic heterocycles. The maximum Gasteiger partial charge on any atom is 0.0540 e. The monoisotopic (exact) mass is 283 g/mol. The van der Waals surface area contributed by atoms with E-state index < -0.39 is 0 Å². The summed E-state index contributed by atoms with van der Waals surface area (Å²) in [4.78, 5) is 2.49.